The van der Waals surface area contributed by atoms with Crippen molar-refractivity contribution in [2.45, 2.75) is 19.6 Å². The lowest BCUT2D eigenvalue weighted by molar-refractivity contribution is 0.295. The van der Waals surface area contributed by atoms with Gasteiger partial charge < -0.3 is 10.5 Å². The van der Waals surface area contributed by atoms with Crippen LogP contribution in [0.1, 0.15) is 24.1 Å². The number of benzene rings is 2. The number of rotatable bonds is 4. The van der Waals surface area contributed by atoms with Gasteiger partial charge in [-0.15, -0.1) is 0 Å². The Balaban J connectivity index is 2.19. The number of halogens is 2. The van der Waals surface area contributed by atoms with E-state index in [1.54, 1.807) is 18.2 Å². The average Bonchev–Trinajstić information content (AvgIpc) is 2.37. The van der Waals surface area contributed by atoms with Crippen molar-refractivity contribution in [2.75, 3.05) is 0 Å². The van der Waals surface area contributed by atoms with Crippen molar-refractivity contribution in [3.8, 4) is 5.75 Å². The van der Waals surface area contributed by atoms with Crippen LogP contribution in [-0.2, 0) is 6.61 Å². The molecule has 0 saturated heterocycles. The summed E-state index contributed by atoms with van der Waals surface area (Å²) in [4.78, 5) is 0. The van der Waals surface area contributed by atoms with Crippen LogP contribution in [0.2, 0.25) is 0 Å². The van der Waals surface area contributed by atoms with Gasteiger partial charge in [0.1, 0.15) is 18.2 Å². The van der Waals surface area contributed by atoms with Crippen LogP contribution in [-0.4, -0.2) is 0 Å². The molecule has 2 rings (SSSR count). The zero-order valence-corrected chi connectivity index (χ0v) is 12.2. The molecule has 1 atom stereocenters. The molecule has 19 heavy (non-hydrogen) atoms. The zero-order chi connectivity index (χ0) is 13.8. The fourth-order valence-corrected chi connectivity index (χ4v) is 2.12. The molecule has 0 unspecified atom stereocenters. The second-order valence-corrected chi connectivity index (χ2v) is 5.27. The van der Waals surface area contributed by atoms with Gasteiger partial charge in [0.05, 0.1) is 0 Å². The van der Waals surface area contributed by atoms with Gasteiger partial charge in [-0.05, 0) is 25.1 Å². The van der Waals surface area contributed by atoms with Crippen molar-refractivity contribution in [2.24, 2.45) is 5.73 Å². The summed E-state index contributed by atoms with van der Waals surface area (Å²) < 4.78 is 20.1. The third-order valence-corrected chi connectivity index (χ3v) is 3.30. The molecule has 0 heterocycles. The zero-order valence-electron chi connectivity index (χ0n) is 10.6. The molecule has 100 valence electrons. The summed E-state index contributed by atoms with van der Waals surface area (Å²) in [6.45, 7) is 2.07. The van der Waals surface area contributed by atoms with Gasteiger partial charge in [-0.25, -0.2) is 4.39 Å². The minimum Gasteiger partial charge on any atom is -0.488 e. The van der Waals surface area contributed by atoms with Crippen LogP contribution in [0.4, 0.5) is 4.39 Å². The quantitative estimate of drug-likeness (QED) is 0.915. The summed E-state index contributed by atoms with van der Waals surface area (Å²) in [5.74, 6) is 0.410. The topological polar surface area (TPSA) is 35.2 Å². The molecule has 0 spiro atoms. The highest BCUT2D eigenvalue weighted by molar-refractivity contribution is 9.10. The first-order valence-electron chi connectivity index (χ1n) is 5.99. The van der Waals surface area contributed by atoms with Crippen molar-refractivity contribution in [1.29, 1.82) is 0 Å². The van der Waals surface area contributed by atoms with E-state index in [0.717, 1.165) is 10.0 Å². The monoisotopic (exact) mass is 323 g/mol. The maximum Gasteiger partial charge on any atom is 0.129 e. The molecule has 0 aromatic heterocycles. The van der Waals surface area contributed by atoms with Gasteiger partial charge in [-0.3, -0.25) is 0 Å². The Kier molecular flexibility index (Phi) is 4.56. The first-order valence-corrected chi connectivity index (χ1v) is 6.78. The Morgan fingerprint density at radius 2 is 2.00 bits per heavy atom. The molecule has 0 radical (unpaired) electrons. The van der Waals surface area contributed by atoms with E-state index in [4.69, 9.17) is 10.5 Å². The maximum atomic E-state index is 13.5. The molecule has 0 bridgehead atoms. The normalized spacial score (nSPS) is 12.2. The van der Waals surface area contributed by atoms with Crippen LogP contribution in [0.5, 0.6) is 5.75 Å². The van der Waals surface area contributed by atoms with E-state index in [0.29, 0.717) is 11.3 Å². The van der Waals surface area contributed by atoms with E-state index in [1.807, 2.05) is 25.1 Å². The highest BCUT2D eigenvalue weighted by atomic mass is 79.9. The van der Waals surface area contributed by atoms with E-state index in [-0.39, 0.29) is 18.5 Å². The molecule has 0 aliphatic heterocycles. The molecule has 0 aliphatic carbocycles. The highest BCUT2D eigenvalue weighted by Crippen LogP contribution is 2.28. The van der Waals surface area contributed by atoms with E-state index in [2.05, 4.69) is 15.9 Å². The summed E-state index contributed by atoms with van der Waals surface area (Å²) in [5.41, 5.74) is 7.32. The number of ether oxygens (including phenoxy) is 1. The van der Waals surface area contributed by atoms with Crippen molar-refractivity contribution >= 4 is 15.9 Å². The Morgan fingerprint density at radius 3 is 2.68 bits per heavy atom. The van der Waals surface area contributed by atoms with Gasteiger partial charge in [-0.2, -0.15) is 0 Å². The second-order valence-electron chi connectivity index (χ2n) is 4.35. The van der Waals surface area contributed by atoms with Crippen molar-refractivity contribution in [1.82, 2.24) is 0 Å². The highest BCUT2D eigenvalue weighted by Gasteiger charge is 2.10. The predicted octanol–water partition coefficient (Wildman–Crippen LogP) is 4.19. The lowest BCUT2D eigenvalue weighted by Gasteiger charge is -2.14. The van der Waals surface area contributed by atoms with E-state index >= 15 is 0 Å². The Bertz CT molecular complexity index is 572. The fraction of sp³-hybridized carbons (Fsp3) is 0.200. The predicted molar refractivity (Wildman–Crippen MR) is 77.5 cm³/mol. The Labute approximate surface area is 120 Å². The lowest BCUT2D eigenvalue weighted by atomic mass is 10.1. The number of nitrogens with two attached hydrogens (primary N) is 1. The average molecular weight is 324 g/mol. The standard InChI is InChI=1S/C15H15BrFNO/c1-10(18)13-7-6-12(16)8-15(13)19-9-11-4-2-3-5-14(11)17/h2-8,10H,9,18H2,1H3/t10-/m0/s1. The van der Waals surface area contributed by atoms with Crippen LogP contribution in [0.25, 0.3) is 0 Å². The van der Waals surface area contributed by atoms with E-state index in [9.17, 15) is 4.39 Å². The molecule has 0 amide bonds. The van der Waals surface area contributed by atoms with E-state index in [1.165, 1.54) is 6.07 Å². The minimum atomic E-state index is -0.264. The maximum absolute atomic E-state index is 13.5. The summed E-state index contributed by atoms with van der Waals surface area (Å²) in [7, 11) is 0. The van der Waals surface area contributed by atoms with Crippen LogP contribution >= 0.6 is 15.9 Å². The molecule has 0 aliphatic rings. The van der Waals surface area contributed by atoms with Gasteiger partial charge in [-0.1, -0.05) is 40.2 Å². The van der Waals surface area contributed by atoms with Crippen LogP contribution in [0.15, 0.2) is 46.9 Å². The summed E-state index contributed by atoms with van der Waals surface area (Å²) in [6, 6.07) is 12.1. The molecule has 0 saturated carbocycles. The summed E-state index contributed by atoms with van der Waals surface area (Å²) >= 11 is 3.39. The van der Waals surface area contributed by atoms with Gasteiger partial charge in [0.2, 0.25) is 0 Å². The van der Waals surface area contributed by atoms with Crippen LogP contribution < -0.4 is 10.5 Å². The van der Waals surface area contributed by atoms with Gasteiger partial charge in [0.15, 0.2) is 0 Å². The minimum absolute atomic E-state index is 0.135. The lowest BCUT2D eigenvalue weighted by Crippen LogP contribution is -2.08. The van der Waals surface area contributed by atoms with Crippen molar-refractivity contribution < 1.29 is 9.13 Å². The van der Waals surface area contributed by atoms with Crippen molar-refractivity contribution in [3.63, 3.8) is 0 Å². The molecule has 0 fully saturated rings. The summed E-state index contributed by atoms with van der Waals surface area (Å²) in [5, 5.41) is 0. The third kappa shape index (κ3) is 3.55. The smallest absolute Gasteiger partial charge is 0.129 e. The molecule has 2 N–H and O–H groups in total. The SMILES string of the molecule is C[C@H](N)c1ccc(Br)cc1OCc1ccccc1F. The van der Waals surface area contributed by atoms with Crippen molar-refractivity contribution in [3.05, 3.63) is 63.9 Å². The first kappa shape index (κ1) is 14.0. The molecular formula is C15H15BrFNO. The summed E-state index contributed by atoms with van der Waals surface area (Å²) in [6.07, 6.45) is 0. The van der Waals surface area contributed by atoms with Gasteiger partial charge >= 0.3 is 0 Å². The largest absolute Gasteiger partial charge is 0.488 e. The first-order chi connectivity index (χ1) is 9.08. The number of hydrogen-bond donors (Lipinski definition) is 1. The van der Waals surface area contributed by atoms with Crippen LogP contribution in [0, 0.1) is 5.82 Å². The number of hydrogen-bond acceptors (Lipinski definition) is 2. The fourth-order valence-electron chi connectivity index (χ4n) is 1.78. The third-order valence-electron chi connectivity index (χ3n) is 2.81. The molecule has 2 nitrogen and oxygen atoms in total. The van der Waals surface area contributed by atoms with Gasteiger partial charge in [0.25, 0.3) is 0 Å². The Hall–Kier alpha value is -1.39. The van der Waals surface area contributed by atoms with Gasteiger partial charge in [0, 0.05) is 21.6 Å². The molecule has 2 aromatic carbocycles. The molecule has 4 heteroatoms. The molecular weight excluding hydrogens is 309 g/mol. The Morgan fingerprint density at radius 1 is 1.26 bits per heavy atom. The molecule has 2 aromatic rings. The second kappa shape index (κ2) is 6.17. The van der Waals surface area contributed by atoms with Crippen LogP contribution in [0.3, 0.4) is 0 Å². The van der Waals surface area contributed by atoms with E-state index < -0.39 is 0 Å².